The maximum atomic E-state index is 12.2. The second-order valence-corrected chi connectivity index (χ2v) is 6.90. The Morgan fingerprint density at radius 1 is 1.56 bits per heavy atom. The van der Waals surface area contributed by atoms with E-state index in [2.05, 4.69) is 10.4 Å². The smallest absolute Gasteiger partial charge is 0.218 e. The number of hydrogen-bond acceptors (Lipinski definition) is 4. The van der Waals surface area contributed by atoms with Gasteiger partial charge in [0.1, 0.15) is 0 Å². The largest absolute Gasteiger partial charge is 0.316 e. The van der Waals surface area contributed by atoms with Crippen LogP contribution in [-0.4, -0.2) is 47.9 Å². The summed E-state index contributed by atoms with van der Waals surface area (Å²) in [5.41, 5.74) is 0.888. The van der Waals surface area contributed by atoms with Crippen LogP contribution in [0.5, 0.6) is 0 Å². The van der Waals surface area contributed by atoms with Gasteiger partial charge in [-0.15, -0.1) is 0 Å². The van der Waals surface area contributed by atoms with E-state index in [1.54, 1.807) is 24.9 Å². The molecular formula is C11H22N4O2S. The summed E-state index contributed by atoms with van der Waals surface area (Å²) in [4.78, 5) is 0. The summed E-state index contributed by atoms with van der Waals surface area (Å²) in [6.07, 6.45) is 3.50. The van der Waals surface area contributed by atoms with Crippen molar-refractivity contribution in [3.05, 3.63) is 18.0 Å². The average molecular weight is 274 g/mol. The molecule has 0 spiro atoms. The summed E-state index contributed by atoms with van der Waals surface area (Å²) in [7, 11) is 0.147. The lowest BCUT2D eigenvalue weighted by Gasteiger charge is -2.21. The molecule has 0 aliphatic rings. The zero-order valence-corrected chi connectivity index (χ0v) is 12.2. The van der Waals surface area contributed by atoms with Crippen LogP contribution >= 0.6 is 0 Å². The first kappa shape index (κ1) is 15.1. The molecule has 6 nitrogen and oxygen atoms in total. The van der Waals surface area contributed by atoms with Crippen molar-refractivity contribution < 1.29 is 8.42 Å². The first-order valence-electron chi connectivity index (χ1n) is 6.01. The molecule has 0 aromatic carbocycles. The second-order valence-electron chi connectivity index (χ2n) is 4.44. The zero-order valence-electron chi connectivity index (χ0n) is 11.4. The van der Waals surface area contributed by atoms with Gasteiger partial charge in [0.2, 0.25) is 10.0 Å². The van der Waals surface area contributed by atoms with Gasteiger partial charge in [-0.2, -0.15) is 5.10 Å². The molecule has 104 valence electrons. The summed E-state index contributed by atoms with van der Waals surface area (Å²) in [6, 6.07) is 0. The van der Waals surface area contributed by atoms with Crippen LogP contribution in [0, 0.1) is 0 Å². The summed E-state index contributed by atoms with van der Waals surface area (Å²) in [5.74, 6) is 0. The van der Waals surface area contributed by atoms with Gasteiger partial charge in [-0.25, -0.2) is 12.7 Å². The van der Waals surface area contributed by atoms with Crippen LogP contribution in [0.2, 0.25) is 0 Å². The van der Waals surface area contributed by atoms with Crippen LogP contribution in [0.1, 0.15) is 19.4 Å². The molecule has 0 aliphatic heterocycles. The second kappa shape index (κ2) is 6.31. The third-order valence-corrected chi connectivity index (χ3v) is 4.97. The number of aryl methyl sites for hydroxylation is 1. The summed E-state index contributed by atoms with van der Waals surface area (Å²) < 4.78 is 27.5. The van der Waals surface area contributed by atoms with Gasteiger partial charge in [-0.05, 0) is 13.5 Å². The lowest BCUT2D eigenvalue weighted by molar-refractivity contribution is 0.454. The quantitative estimate of drug-likeness (QED) is 0.770. The molecule has 0 amide bonds. The highest BCUT2D eigenvalue weighted by Crippen LogP contribution is 2.10. The molecule has 1 aromatic rings. The molecule has 1 rings (SSSR count). The SMILES string of the molecule is CCNCC(C)S(=O)(=O)N(C)Cc1cnn(C)c1. The number of sulfonamides is 1. The Bertz CT molecular complexity index is 469. The van der Waals surface area contributed by atoms with E-state index in [9.17, 15) is 8.42 Å². The number of hydrogen-bond donors (Lipinski definition) is 1. The molecule has 7 heteroatoms. The van der Waals surface area contributed by atoms with E-state index in [-0.39, 0.29) is 0 Å². The van der Waals surface area contributed by atoms with Gasteiger partial charge in [0, 0.05) is 38.9 Å². The average Bonchev–Trinajstić information content (AvgIpc) is 2.71. The van der Waals surface area contributed by atoms with Gasteiger partial charge in [-0.1, -0.05) is 6.92 Å². The third-order valence-electron chi connectivity index (χ3n) is 2.79. The Kier molecular flexibility index (Phi) is 5.30. The Labute approximate surface area is 109 Å². The Morgan fingerprint density at radius 3 is 2.72 bits per heavy atom. The highest BCUT2D eigenvalue weighted by molar-refractivity contribution is 7.89. The number of nitrogens with zero attached hydrogens (tertiary/aromatic N) is 3. The molecule has 0 bridgehead atoms. The lowest BCUT2D eigenvalue weighted by Crippen LogP contribution is -2.39. The van der Waals surface area contributed by atoms with Crippen molar-refractivity contribution in [1.29, 1.82) is 0 Å². The fraction of sp³-hybridized carbons (Fsp3) is 0.727. The molecule has 0 saturated carbocycles. The zero-order chi connectivity index (χ0) is 13.8. The van der Waals surface area contributed by atoms with Crippen molar-refractivity contribution in [1.82, 2.24) is 19.4 Å². The molecule has 0 fully saturated rings. The van der Waals surface area contributed by atoms with Crippen LogP contribution in [0.15, 0.2) is 12.4 Å². The van der Waals surface area contributed by atoms with Crippen LogP contribution in [0.25, 0.3) is 0 Å². The first-order chi connectivity index (χ1) is 8.37. The molecule has 1 aromatic heterocycles. The highest BCUT2D eigenvalue weighted by Gasteiger charge is 2.25. The van der Waals surface area contributed by atoms with Crippen molar-refractivity contribution >= 4 is 10.0 Å². The molecule has 0 radical (unpaired) electrons. The molecule has 1 heterocycles. The van der Waals surface area contributed by atoms with E-state index in [1.165, 1.54) is 4.31 Å². The maximum absolute atomic E-state index is 12.2. The Hall–Kier alpha value is -0.920. The van der Waals surface area contributed by atoms with E-state index < -0.39 is 15.3 Å². The molecule has 1 unspecified atom stereocenters. The van der Waals surface area contributed by atoms with Crippen molar-refractivity contribution in [2.45, 2.75) is 25.6 Å². The van der Waals surface area contributed by atoms with Gasteiger partial charge in [0.15, 0.2) is 0 Å². The van der Waals surface area contributed by atoms with Crippen LogP contribution in [-0.2, 0) is 23.6 Å². The standard InChI is InChI=1S/C11H22N4O2S/c1-5-12-6-10(2)18(16,17)15(4)9-11-7-13-14(3)8-11/h7-8,10,12H,5-6,9H2,1-4H3. The molecule has 0 aliphatic carbocycles. The molecule has 1 N–H and O–H groups in total. The fourth-order valence-electron chi connectivity index (χ4n) is 1.66. The predicted molar refractivity (Wildman–Crippen MR) is 71.6 cm³/mol. The Morgan fingerprint density at radius 2 is 2.22 bits per heavy atom. The Balaban J connectivity index is 2.66. The topological polar surface area (TPSA) is 67.2 Å². The molecule has 18 heavy (non-hydrogen) atoms. The van der Waals surface area contributed by atoms with Crippen molar-refractivity contribution in [2.24, 2.45) is 7.05 Å². The first-order valence-corrected chi connectivity index (χ1v) is 7.51. The van der Waals surface area contributed by atoms with Crippen LogP contribution in [0.4, 0.5) is 0 Å². The monoisotopic (exact) mass is 274 g/mol. The molecule has 1 atom stereocenters. The minimum absolute atomic E-state index is 0.354. The highest BCUT2D eigenvalue weighted by atomic mass is 32.2. The number of rotatable bonds is 7. The maximum Gasteiger partial charge on any atom is 0.218 e. The number of aromatic nitrogens is 2. The number of nitrogens with one attached hydrogen (secondary N) is 1. The van der Waals surface area contributed by atoms with Crippen LogP contribution in [0.3, 0.4) is 0 Å². The van der Waals surface area contributed by atoms with E-state index in [4.69, 9.17) is 0 Å². The van der Waals surface area contributed by atoms with Crippen molar-refractivity contribution in [3.63, 3.8) is 0 Å². The lowest BCUT2D eigenvalue weighted by atomic mass is 10.4. The normalized spacial score (nSPS) is 14.1. The molecule has 0 saturated heterocycles. The van der Waals surface area contributed by atoms with Crippen molar-refractivity contribution in [3.8, 4) is 0 Å². The van der Waals surface area contributed by atoms with E-state index in [0.29, 0.717) is 13.1 Å². The minimum Gasteiger partial charge on any atom is -0.316 e. The fourth-order valence-corrected chi connectivity index (χ4v) is 2.93. The van der Waals surface area contributed by atoms with Gasteiger partial charge < -0.3 is 5.32 Å². The summed E-state index contributed by atoms with van der Waals surface area (Å²) in [6.45, 7) is 5.27. The minimum atomic E-state index is -3.27. The van der Waals surface area contributed by atoms with Crippen LogP contribution < -0.4 is 5.32 Å². The van der Waals surface area contributed by atoms with Gasteiger partial charge in [0.05, 0.1) is 11.4 Å². The summed E-state index contributed by atoms with van der Waals surface area (Å²) in [5, 5.41) is 6.65. The summed E-state index contributed by atoms with van der Waals surface area (Å²) >= 11 is 0. The van der Waals surface area contributed by atoms with Gasteiger partial charge >= 0.3 is 0 Å². The third kappa shape index (κ3) is 3.79. The van der Waals surface area contributed by atoms with E-state index >= 15 is 0 Å². The van der Waals surface area contributed by atoms with Crippen molar-refractivity contribution in [2.75, 3.05) is 20.1 Å². The molecular weight excluding hydrogens is 252 g/mol. The van der Waals surface area contributed by atoms with Gasteiger partial charge in [0.25, 0.3) is 0 Å². The van der Waals surface area contributed by atoms with E-state index in [1.807, 2.05) is 20.2 Å². The predicted octanol–water partition coefficient (Wildman–Crippen LogP) is 0.180. The van der Waals surface area contributed by atoms with E-state index in [0.717, 1.165) is 12.1 Å². The van der Waals surface area contributed by atoms with Gasteiger partial charge in [-0.3, -0.25) is 4.68 Å².